The Labute approximate surface area is 146 Å². The van der Waals surface area contributed by atoms with Crippen LogP contribution in [-0.2, 0) is 31.9 Å². The van der Waals surface area contributed by atoms with Crippen LogP contribution in [-0.4, -0.2) is 29.6 Å². The van der Waals surface area contributed by atoms with Crippen molar-refractivity contribution in [3.05, 3.63) is 15.6 Å². The standard InChI is InChI=1S/C18H25NO4S/c1-18(2,3)23-17(21)10-5-6-13-14(9-10)24-15(19-13)11-7-12(8-11)16(20)22-4/h10-12H,5-9H2,1-4H3. The molecule has 2 aliphatic carbocycles. The Morgan fingerprint density at radius 2 is 1.88 bits per heavy atom. The summed E-state index contributed by atoms with van der Waals surface area (Å²) in [5.74, 6) is 0.115. The van der Waals surface area contributed by atoms with Crippen molar-refractivity contribution in [1.29, 1.82) is 0 Å². The van der Waals surface area contributed by atoms with Crippen molar-refractivity contribution in [2.45, 2.75) is 64.4 Å². The highest BCUT2D eigenvalue weighted by molar-refractivity contribution is 7.11. The van der Waals surface area contributed by atoms with E-state index in [-0.39, 0.29) is 23.8 Å². The highest BCUT2D eigenvalue weighted by atomic mass is 32.1. The number of carbonyl (C=O) groups is 2. The summed E-state index contributed by atoms with van der Waals surface area (Å²) in [4.78, 5) is 29.8. The van der Waals surface area contributed by atoms with E-state index in [0.717, 1.165) is 42.8 Å². The number of ether oxygens (including phenoxy) is 2. The first-order valence-corrected chi connectivity index (χ1v) is 9.37. The number of carbonyl (C=O) groups excluding carboxylic acids is 2. The molecule has 0 bridgehead atoms. The molecule has 0 N–H and O–H groups in total. The van der Waals surface area contributed by atoms with Gasteiger partial charge in [-0.1, -0.05) is 0 Å². The lowest BCUT2D eigenvalue weighted by atomic mass is 9.75. The third-order valence-electron chi connectivity index (χ3n) is 4.72. The molecule has 1 saturated carbocycles. The molecule has 24 heavy (non-hydrogen) atoms. The second-order valence-corrected chi connectivity index (χ2v) is 8.90. The summed E-state index contributed by atoms with van der Waals surface area (Å²) in [6.45, 7) is 5.70. The summed E-state index contributed by atoms with van der Waals surface area (Å²) in [5.41, 5.74) is 0.696. The number of aryl methyl sites for hydroxylation is 1. The smallest absolute Gasteiger partial charge is 0.309 e. The molecule has 2 aliphatic rings. The van der Waals surface area contributed by atoms with Crippen LogP contribution >= 0.6 is 11.3 Å². The Bertz CT molecular complexity index is 640. The number of rotatable bonds is 3. The first-order valence-electron chi connectivity index (χ1n) is 8.56. The maximum atomic E-state index is 12.3. The molecule has 3 rings (SSSR count). The number of methoxy groups -OCH3 is 1. The molecule has 5 nitrogen and oxygen atoms in total. The van der Waals surface area contributed by atoms with Gasteiger partial charge in [-0.15, -0.1) is 11.3 Å². The largest absolute Gasteiger partial charge is 0.469 e. The SMILES string of the molecule is COC(=O)C1CC(c2nc3c(s2)CC(C(=O)OC(C)(C)C)CC3)C1. The van der Waals surface area contributed by atoms with E-state index in [2.05, 4.69) is 0 Å². The Balaban J connectivity index is 1.61. The first-order chi connectivity index (χ1) is 11.3. The summed E-state index contributed by atoms with van der Waals surface area (Å²) < 4.78 is 10.3. The molecule has 0 aromatic carbocycles. The molecule has 0 radical (unpaired) electrons. The zero-order valence-corrected chi connectivity index (χ0v) is 15.6. The number of fused-ring (bicyclic) bond motifs is 1. The Kier molecular flexibility index (Phi) is 4.69. The number of aromatic nitrogens is 1. The number of nitrogens with zero attached hydrogens (tertiary/aromatic N) is 1. The topological polar surface area (TPSA) is 65.5 Å². The molecule has 1 fully saturated rings. The van der Waals surface area contributed by atoms with Gasteiger partial charge in [-0.2, -0.15) is 0 Å². The third kappa shape index (κ3) is 3.63. The van der Waals surface area contributed by atoms with Gasteiger partial charge in [0.2, 0.25) is 0 Å². The molecule has 6 heteroatoms. The molecular weight excluding hydrogens is 326 g/mol. The number of hydrogen-bond donors (Lipinski definition) is 0. The highest BCUT2D eigenvalue weighted by Crippen LogP contribution is 2.45. The third-order valence-corrected chi connectivity index (χ3v) is 6.00. The predicted octanol–water partition coefficient (Wildman–Crippen LogP) is 3.26. The predicted molar refractivity (Wildman–Crippen MR) is 91.0 cm³/mol. The van der Waals surface area contributed by atoms with Crippen LogP contribution in [0.2, 0.25) is 0 Å². The van der Waals surface area contributed by atoms with Gasteiger partial charge < -0.3 is 9.47 Å². The van der Waals surface area contributed by atoms with Gasteiger partial charge in [0.25, 0.3) is 0 Å². The van der Waals surface area contributed by atoms with E-state index < -0.39 is 5.60 Å². The Hall–Kier alpha value is -1.43. The van der Waals surface area contributed by atoms with Crippen LogP contribution in [0.5, 0.6) is 0 Å². The van der Waals surface area contributed by atoms with E-state index in [4.69, 9.17) is 14.5 Å². The number of hydrogen-bond acceptors (Lipinski definition) is 6. The lowest BCUT2D eigenvalue weighted by Crippen LogP contribution is -2.31. The molecule has 0 amide bonds. The van der Waals surface area contributed by atoms with Crippen LogP contribution in [0.1, 0.15) is 61.5 Å². The monoisotopic (exact) mass is 351 g/mol. The van der Waals surface area contributed by atoms with Crippen LogP contribution in [0.15, 0.2) is 0 Å². The minimum atomic E-state index is -0.439. The van der Waals surface area contributed by atoms with E-state index >= 15 is 0 Å². The average molecular weight is 351 g/mol. The second kappa shape index (κ2) is 6.47. The molecule has 1 atom stereocenters. The van der Waals surface area contributed by atoms with Gasteiger partial charge in [0.15, 0.2) is 0 Å². The van der Waals surface area contributed by atoms with Gasteiger partial charge >= 0.3 is 11.9 Å². The molecule has 1 aromatic heterocycles. The van der Waals surface area contributed by atoms with Crippen molar-refractivity contribution in [3.63, 3.8) is 0 Å². The van der Waals surface area contributed by atoms with Gasteiger partial charge in [0, 0.05) is 10.8 Å². The van der Waals surface area contributed by atoms with Crippen molar-refractivity contribution in [2.75, 3.05) is 7.11 Å². The van der Waals surface area contributed by atoms with Crippen molar-refractivity contribution < 1.29 is 19.1 Å². The molecule has 1 heterocycles. The Morgan fingerprint density at radius 1 is 1.17 bits per heavy atom. The van der Waals surface area contributed by atoms with Crippen LogP contribution in [0.3, 0.4) is 0 Å². The fourth-order valence-corrected chi connectivity index (χ4v) is 4.65. The minimum Gasteiger partial charge on any atom is -0.469 e. The van der Waals surface area contributed by atoms with Crippen LogP contribution in [0.25, 0.3) is 0 Å². The molecule has 1 unspecified atom stereocenters. The lowest BCUT2D eigenvalue weighted by molar-refractivity contribution is -0.160. The summed E-state index contributed by atoms with van der Waals surface area (Å²) in [6.07, 6.45) is 4.03. The normalized spacial score (nSPS) is 26.2. The Morgan fingerprint density at radius 3 is 2.50 bits per heavy atom. The maximum absolute atomic E-state index is 12.3. The fraction of sp³-hybridized carbons (Fsp3) is 0.722. The number of esters is 2. The van der Waals surface area contributed by atoms with Crippen molar-refractivity contribution in [3.8, 4) is 0 Å². The second-order valence-electron chi connectivity index (χ2n) is 7.78. The number of thiazole rings is 1. The van der Waals surface area contributed by atoms with Gasteiger partial charge in [0.1, 0.15) is 5.60 Å². The summed E-state index contributed by atoms with van der Waals surface area (Å²) in [5, 5.41) is 1.12. The van der Waals surface area contributed by atoms with Gasteiger partial charge in [-0.25, -0.2) is 4.98 Å². The van der Waals surface area contributed by atoms with E-state index in [1.807, 2.05) is 20.8 Å². The molecule has 1 aromatic rings. The van der Waals surface area contributed by atoms with Crippen LogP contribution in [0.4, 0.5) is 0 Å². The quantitative estimate of drug-likeness (QED) is 0.782. The van der Waals surface area contributed by atoms with Gasteiger partial charge in [-0.05, 0) is 52.9 Å². The summed E-state index contributed by atoms with van der Waals surface area (Å²) in [7, 11) is 1.44. The highest BCUT2D eigenvalue weighted by Gasteiger charge is 2.39. The molecule has 0 spiro atoms. The van der Waals surface area contributed by atoms with Gasteiger partial charge in [-0.3, -0.25) is 9.59 Å². The van der Waals surface area contributed by atoms with E-state index in [1.165, 1.54) is 12.0 Å². The van der Waals surface area contributed by atoms with Crippen molar-refractivity contribution in [2.24, 2.45) is 11.8 Å². The fourth-order valence-electron chi connectivity index (χ4n) is 3.33. The molecule has 0 saturated heterocycles. The minimum absolute atomic E-state index is 0.0236. The van der Waals surface area contributed by atoms with Crippen LogP contribution < -0.4 is 0 Å². The van der Waals surface area contributed by atoms with Crippen molar-refractivity contribution in [1.82, 2.24) is 4.98 Å². The zero-order valence-electron chi connectivity index (χ0n) is 14.8. The lowest BCUT2D eigenvalue weighted by Gasteiger charge is -2.31. The molecule has 132 valence electrons. The first kappa shape index (κ1) is 17.4. The van der Waals surface area contributed by atoms with Gasteiger partial charge in [0.05, 0.1) is 29.6 Å². The molecular formula is C18H25NO4S. The van der Waals surface area contributed by atoms with Crippen LogP contribution in [0, 0.1) is 11.8 Å². The average Bonchev–Trinajstić information content (AvgIpc) is 2.85. The van der Waals surface area contributed by atoms with E-state index in [9.17, 15) is 9.59 Å². The summed E-state index contributed by atoms with van der Waals surface area (Å²) in [6, 6.07) is 0. The zero-order chi connectivity index (χ0) is 17.5. The van der Waals surface area contributed by atoms with E-state index in [1.54, 1.807) is 11.3 Å². The van der Waals surface area contributed by atoms with Crippen molar-refractivity contribution >= 4 is 23.3 Å². The summed E-state index contributed by atoms with van der Waals surface area (Å²) >= 11 is 1.71. The van der Waals surface area contributed by atoms with E-state index in [0.29, 0.717) is 5.92 Å². The maximum Gasteiger partial charge on any atom is 0.309 e. The molecule has 0 aliphatic heterocycles.